The highest BCUT2D eigenvalue weighted by Gasteiger charge is 2.34. The van der Waals surface area contributed by atoms with Crippen molar-refractivity contribution in [2.24, 2.45) is 11.3 Å². The lowest BCUT2D eigenvalue weighted by Gasteiger charge is -2.26. The lowest BCUT2D eigenvalue weighted by molar-refractivity contribution is -0.121. The number of carbonyl (C=O) groups is 1. The number of carbonyl (C=O) groups excluding carboxylic acids is 1. The van der Waals surface area contributed by atoms with Crippen LogP contribution in [-0.4, -0.2) is 27.7 Å². The molecule has 0 aromatic carbocycles. The Kier molecular flexibility index (Phi) is 11.0. The van der Waals surface area contributed by atoms with Gasteiger partial charge in [0.1, 0.15) is 5.60 Å². The molecule has 2 N–H and O–H groups in total. The van der Waals surface area contributed by atoms with Crippen LogP contribution in [0.4, 0.5) is 0 Å². The van der Waals surface area contributed by atoms with Crippen molar-refractivity contribution in [2.45, 2.75) is 104 Å². The van der Waals surface area contributed by atoms with Gasteiger partial charge in [-0.1, -0.05) is 90.2 Å². The van der Waals surface area contributed by atoms with E-state index in [2.05, 4.69) is 13.0 Å². The monoisotopic (exact) mass is 390 g/mol. The first-order chi connectivity index (χ1) is 13.2. The van der Waals surface area contributed by atoms with Crippen molar-refractivity contribution in [3.63, 3.8) is 0 Å². The fraction of sp³-hybridized carbons (Fsp3) is 0.720. The minimum absolute atomic E-state index is 0.179. The summed E-state index contributed by atoms with van der Waals surface area (Å²) in [7, 11) is 0. The second-order valence-electron chi connectivity index (χ2n) is 9.30. The second-order valence-corrected chi connectivity index (χ2v) is 9.30. The van der Waals surface area contributed by atoms with Crippen molar-refractivity contribution < 1.29 is 15.0 Å². The fourth-order valence-corrected chi connectivity index (χ4v) is 3.52. The molecule has 0 bridgehead atoms. The number of aliphatic hydroxyl groups excluding tert-OH is 1. The molecule has 0 heterocycles. The zero-order valence-corrected chi connectivity index (χ0v) is 18.5. The first kappa shape index (κ1) is 24.8. The van der Waals surface area contributed by atoms with Gasteiger partial charge < -0.3 is 10.2 Å². The molecular weight excluding hydrogens is 348 g/mol. The molecule has 3 atom stereocenters. The third-order valence-electron chi connectivity index (χ3n) is 5.58. The molecule has 3 heteroatoms. The smallest absolute Gasteiger partial charge is 0.160 e. The van der Waals surface area contributed by atoms with Gasteiger partial charge in [-0.2, -0.15) is 0 Å². The summed E-state index contributed by atoms with van der Waals surface area (Å²) in [5.74, 6) is 0.378. The van der Waals surface area contributed by atoms with Gasteiger partial charge in [0.2, 0.25) is 0 Å². The largest absolute Gasteiger partial charge is 0.389 e. The number of hydrogen-bond acceptors (Lipinski definition) is 3. The average molecular weight is 391 g/mol. The van der Waals surface area contributed by atoms with Crippen LogP contribution in [0.15, 0.2) is 36.5 Å². The fourth-order valence-electron chi connectivity index (χ4n) is 3.52. The SMILES string of the molecule is CCCCCC(O)C=CC1(O)C=CCC1CCCCCC=CC(=O)C(C)(C)C. The molecule has 0 amide bonds. The molecule has 0 aromatic heterocycles. The highest BCUT2D eigenvalue weighted by Crippen LogP contribution is 2.35. The highest BCUT2D eigenvalue weighted by molar-refractivity contribution is 5.93. The van der Waals surface area contributed by atoms with Crippen molar-refractivity contribution in [2.75, 3.05) is 0 Å². The van der Waals surface area contributed by atoms with Crippen LogP contribution in [0, 0.1) is 11.3 Å². The zero-order valence-electron chi connectivity index (χ0n) is 18.5. The molecule has 0 spiro atoms. The molecule has 3 nitrogen and oxygen atoms in total. The first-order valence-electron chi connectivity index (χ1n) is 11.2. The van der Waals surface area contributed by atoms with E-state index >= 15 is 0 Å². The van der Waals surface area contributed by atoms with Gasteiger partial charge in [-0.15, -0.1) is 0 Å². The van der Waals surface area contributed by atoms with E-state index < -0.39 is 11.7 Å². The number of allylic oxidation sites excluding steroid dienone is 3. The number of hydrogen-bond donors (Lipinski definition) is 2. The third kappa shape index (κ3) is 9.34. The summed E-state index contributed by atoms with van der Waals surface area (Å²) in [4.78, 5) is 11.8. The summed E-state index contributed by atoms with van der Waals surface area (Å²) < 4.78 is 0. The second kappa shape index (κ2) is 12.4. The van der Waals surface area contributed by atoms with E-state index in [4.69, 9.17) is 0 Å². The molecule has 1 aliphatic rings. The van der Waals surface area contributed by atoms with Gasteiger partial charge in [0.15, 0.2) is 5.78 Å². The summed E-state index contributed by atoms with van der Waals surface area (Å²) in [6, 6.07) is 0. The van der Waals surface area contributed by atoms with E-state index in [1.165, 1.54) is 0 Å². The van der Waals surface area contributed by atoms with E-state index in [1.54, 1.807) is 18.2 Å². The van der Waals surface area contributed by atoms with Crippen LogP contribution >= 0.6 is 0 Å². The van der Waals surface area contributed by atoms with Crippen LogP contribution in [0.3, 0.4) is 0 Å². The summed E-state index contributed by atoms with van der Waals surface area (Å²) in [6.07, 6.45) is 20.9. The molecule has 0 aliphatic heterocycles. The molecule has 0 aromatic rings. The number of ketones is 1. The van der Waals surface area contributed by atoms with Gasteiger partial charge in [0.25, 0.3) is 0 Å². The van der Waals surface area contributed by atoms with Crippen LogP contribution in [-0.2, 0) is 4.79 Å². The van der Waals surface area contributed by atoms with Gasteiger partial charge in [-0.3, -0.25) is 4.79 Å². The van der Waals surface area contributed by atoms with Gasteiger partial charge in [0, 0.05) is 5.41 Å². The maximum atomic E-state index is 11.8. The molecule has 160 valence electrons. The van der Waals surface area contributed by atoms with Crippen molar-refractivity contribution in [3.8, 4) is 0 Å². The Morgan fingerprint density at radius 2 is 1.96 bits per heavy atom. The Hall–Kier alpha value is -1.19. The van der Waals surface area contributed by atoms with Crippen molar-refractivity contribution >= 4 is 5.78 Å². The molecule has 28 heavy (non-hydrogen) atoms. The van der Waals surface area contributed by atoms with Crippen LogP contribution in [0.25, 0.3) is 0 Å². The van der Waals surface area contributed by atoms with E-state index in [1.807, 2.05) is 32.9 Å². The van der Waals surface area contributed by atoms with Gasteiger partial charge in [0.05, 0.1) is 6.10 Å². The molecule has 1 rings (SSSR count). The summed E-state index contributed by atoms with van der Waals surface area (Å²) >= 11 is 0. The highest BCUT2D eigenvalue weighted by atomic mass is 16.3. The normalized spacial score (nSPS) is 23.9. The molecule has 0 saturated heterocycles. The number of unbranched alkanes of at least 4 members (excludes halogenated alkanes) is 5. The molecule has 1 aliphatic carbocycles. The molecule has 0 fully saturated rings. The summed E-state index contributed by atoms with van der Waals surface area (Å²) in [6.45, 7) is 7.97. The van der Waals surface area contributed by atoms with Crippen LogP contribution < -0.4 is 0 Å². The van der Waals surface area contributed by atoms with E-state index in [-0.39, 0.29) is 17.1 Å². The first-order valence-corrected chi connectivity index (χ1v) is 11.2. The Bertz CT molecular complexity index is 538. The zero-order chi connectivity index (χ0) is 21.0. The Labute approximate surface area is 172 Å². The quantitative estimate of drug-likeness (QED) is 0.233. The van der Waals surface area contributed by atoms with Crippen molar-refractivity contribution in [1.82, 2.24) is 0 Å². The minimum Gasteiger partial charge on any atom is -0.389 e. The molecule has 3 unspecified atom stereocenters. The average Bonchev–Trinajstić information content (AvgIpc) is 2.99. The molecule has 0 radical (unpaired) electrons. The lowest BCUT2D eigenvalue weighted by Crippen LogP contribution is -2.30. The molecular formula is C25H42O3. The summed E-state index contributed by atoms with van der Waals surface area (Å²) in [5, 5.41) is 21.0. The van der Waals surface area contributed by atoms with Crippen molar-refractivity contribution in [1.29, 1.82) is 0 Å². The van der Waals surface area contributed by atoms with E-state index in [9.17, 15) is 15.0 Å². The van der Waals surface area contributed by atoms with E-state index in [0.29, 0.717) is 0 Å². The standard InChI is InChI=1S/C25H42O3/c1-5-6-10-16-22(26)18-20-25(28)19-13-15-21(25)14-11-8-7-9-12-17-23(27)24(2,3)4/h12-13,17-22,26,28H,5-11,14-16H2,1-4H3. The van der Waals surface area contributed by atoms with E-state index in [0.717, 1.165) is 64.2 Å². The number of aliphatic hydroxyl groups is 2. The maximum absolute atomic E-state index is 11.8. The minimum atomic E-state index is -0.912. The number of rotatable bonds is 13. The Balaban J connectivity index is 2.30. The molecule has 0 saturated carbocycles. The van der Waals surface area contributed by atoms with Crippen LogP contribution in [0.5, 0.6) is 0 Å². The predicted octanol–water partition coefficient (Wildman–Crippen LogP) is 5.91. The lowest BCUT2D eigenvalue weighted by atomic mass is 9.85. The van der Waals surface area contributed by atoms with Gasteiger partial charge >= 0.3 is 0 Å². The van der Waals surface area contributed by atoms with Gasteiger partial charge in [-0.25, -0.2) is 0 Å². The van der Waals surface area contributed by atoms with Crippen LogP contribution in [0.2, 0.25) is 0 Å². The van der Waals surface area contributed by atoms with Gasteiger partial charge in [-0.05, 0) is 44.1 Å². The Morgan fingerprint density at radius 1 is 1.21 bits per heavy atom. The summed E-state index contributed by atoms with van der Waals surface area (Å²) in [5.41, 5.74) is -1.21. The van der Waals surface area contributed by atoms with Crippen molar-refractivity contribution in [3.05, 3.63) is 36.5 Å². The van der Waals surface area contributed by atoms with Crippen LogP contribution in [0.1, 0.15) is 91.9 Å². The maximum Gasteiger partial charge on any atom is 0.160 e. The predicted molar refractivity (Wildman–Crippen MR) is 118 cm³/mol. The third-order valence-corrected chi connectivity index (χ3v) is 5.58. The Morgan fingerprint density at radius 3 is 2.64 bits per heavy atom. The topological polar surface area (TPSA) is 57.5 Å².